The molecule has 0 aliphatic carbocycles. The highest BCUT2D eigenvalue weighted by Gasteiger charge is 2.12. The van der Waals surface area contributed by atoms with Gasteiger partial charge in [0.2, 0.25) is 5.91 Å². The van der Waals surface area contributed by atoms with Crippen LogP contribution in [0.2, 0.25) is 5.02 Å². The molecule has 0 radical (unpaired) electrons. The van der Waals surface area contributed by atoms with Crippen LogP contribution in [-0.2, 0) is 9.53 Å². The van der Waals surface area contributed by atoms with Crippen molar-refractivity contribution in [2.24, 2.45) is 0 Å². The van der Waals surface area contributed by atoms with Gasteiger partial charge in [-0.1, -0.05) is 29.8 Å². The van der Waals surface area contributed by atoms with Gasteiger partial charge in [-0.2, -0.15) is 0 Å². The number of rotatable bonds is 6. The molecule has 0 bridgehead atoms. The van der Waals surface area contributed by atoms with Gasteiger partial charge in [-0.3, -0.25) is 4.79 Å². The van der Waals surface area contributed by atoms with E-state index in [1.54, 1.807) is 55.5 Å². The van der Waals surface area contributed by atoms with Crippen LogP contribution in [-0.4, -0.2) is 25.0 Å². The summed E-state index contributed by atoms with van der Waals surface area (Å²) in [6, 6.07) is 13.8. The average Bonchev–Trinajstić information content (AvgIpc) is 2.53. The van der Waals surface area contributed by atoms with E-state index in [0.29, 0.717) is 28.6 Å². The number of para-hydroxylation sites is 1. The van der Waals surface area contributed by atoms with Crippen LogP contribution in [0, 0.1) is 0 Å². The summed E-state index contributed by atoms with van der Waals surface area (Å²) >= 11 is 5.87. The number of carbonyl (C=O) groups excluding carboxylic acids is 2. The molecule has 0 fully saturated rings. The number of amides is 1. The summed E-state index contributed by atoms with van der Waals surface area (Å²) in [6.45, 7) is 2.05. The Morgan fingerprint density at radius 3 is 2.65 bits per heavy atom. The Labute approximate surface area is 139 Å². The lowest BCUT2D eigenvalue weighted by Gasteiger charge is -2.11. The number of halogens is 1. The molecule has 120 valence electrons. The van der Waals surface area contributed by atoms with E-state index < -0.39 is 5.97 Å². The topological polar surface area (TPSA) is 67.4 Å². The summed E-state index contributed by atoms with van der Waals surface area (Å²) in [4.78, 5) is 23.8. The van der Waals surface area contributed by atoms with Crippen LogP contribution in [0.4, 0.5) is 11.4 Å². The zero-order valence-electron chi connectivity index (χ0n) is 12.6. The maximum Gasteiger partial charge on any atom is 0.340 e. The average molecular weight is 333 g/mol. The molecule has 0 heterocycles. The number of esters is 1. The third-order valence-corrected chi connectivity index (χ3v) is 3.21. The molecule has 0 unspecified atom stereocenters. The third kappa shape index (κ3) is 5.00. The minimum Gasteiger partial charge on any atom is -0.462 e. The van der Waals surface area contributed by atoms with Crippen LogP contribution < -0.4 is 10.6 Å². The molecule has 23 heavy (non-hydrogen) atoms. The fourth-order valence-electron chi connectivity index (χ4n) is 1.97. The Balaban J connectivity index is 1.98. The van der Waals surface area contributed by atoms with E-state index in [2.05, 4.69) is 10.6 Å². The predicted molar refractivity (Wildman–Crippen MR) is 91.0 cm³/mol. The van der Waals surface area contributed by atoms with Crippen molar-refractivity contribution >= 4 is 34.9 Å². The van der Waals surface area contributed by atoms with E-state index in [0.717, 1.165) is 0 Å². The van der Waals surface area contributed by atoms with Gasteiger partial charge >= 0.3 is 5.97 Å². The second-order valence-electron chi connectivity index (χ2n) is 4.68. The maximum absolute atomic E-state index is 12.0. The van der Waals surface area contributed by atoms with Crippen molar-refractivity contribution in [3.8, 4) is 0 Å². The molecule has 2 N–H and O–H groups in total. The predicted octanol–water partition coefficient (Wildman–Crippen LogP) is 3.57. The van der Waals surface area contributed by atoms with Crippen LogP contribution in [0.25, 0.3) is 0 Å². The van der Waals surface area contributed by atoms with E-state index in [9.17, 15) is 9.59 Å². The molecular weight excluding hydrogens is 316 g/mol. The van der Waals surface area contributed by atoms with Gasteiger partial charge < -0.3 is 15.4 Å². The summed E-state index contributed by atoms with van der Waals surface area (Å²) < 4.78 is 4.99. The summed E-state index contributed by atoms with van der Waals surface area (Å²) in [6.07, 6.45) is 0. The molecule has 5 nitrogen and oxygen atoms in total. The molecule has 0 saturated carbocycles. The first kappa shape index (κ1) is 16.8. The number of hydrogen-bond acceptors (Lipinski definition) is 4. The highest BCUT2D eigenvalue weighted by Crippen LogP contribution is 2.17. The minimum absolute atomic E-state index is 0.0168. The fourth-order valence-corrected chi connectivity index (χ4v) is 2.16. The largest absolute Gasteiger partial charge is 0.462 e. The molecule has 0 atom stereocenters. The minimum atomic E-state index is -0.425. The van der Waals surface area contributed by atoms with Gasteiger partial charge in [0.25, 0.3) is 0 Å². The van der Waals surface area contributed by atoms with Gasteiger partial charge in [0, 0.05) is 16.4 Å². The van der Waals surface area contributed by atoms with E-state index >= 15 is 0 Å². The van der Waals surface area contributed by atoms with Crippen LogP contribution >= 0.6 is 11.6 Å². The van der Waals surface area contributed by atoms with Crippen molar-refractivity contribution in [1.29, 1.82) is 0 Å². The van der Waals surface area contributed by atoms with Gasteiger partial charge in [0.15, 0.2) is 0 Å². The van der Waals surface area contributed by atoms with Crippen LogP contribution in [0.1, 0.15) is 17.3 Å². The molecule has 0 aliphatic heterocycles. The Kier molecular flexibility index (Phi) is 6.00. The Bertz CT molecular complexity index is 704. The number of ether oxygens (including phenoxy) is 1. The number of nitrogens with one attached hydrogen (secondary N) is 2. The van der Waals surface area contributed by atoms with Crippen LogP contribution in [0.15, 0.2) is 48.5 Å². The van der Waals surface area contributed by atoms with Crippen molar-refractivity contribution in [3.63, 3.8) is 0 Å². The summed E-state index contributed by atoms with van der Waals surface area (Å²) in [5, 5.41) is 6.21. The Morgan fingerprint density at radius 1 is 1.13 bits per heavy atom. The summed E-state index contributed by atoms with van der Waals surface area (Å²) in [5.41, 5.74) is 1.56. The quantitative estimate of drug-likeness (QED) is 0.794. The van der Waals surface area contributed by atoms with Crippen molar-refractivity contribution in [2.75, 3.05) is 23.8 Å². The van der Waals surface area contributed by atoms with Gasteiger partial charge in [-0.05, 0) is 37.3 Å². The first-order valence-corrected chi connectivity index (χ1v) is 7.53. The molecule has 0 aromatic heterocycles. The molecule has 2 aromatic rings. The van der Waals surface area contributed by atoms with Crippen LogP contribution in [0.5, 0.6) is 0 Å². The van der Waals surface area contributed by atoms with Crippen molar-refractivity contribution < 1.29 is 14.3 Å². The number of benzene rings is 2. The number of carbonyl (C=O) groups is 2. The monoisotopic (exact) mass is 332 g/mol. The Morgan fingerprint density at radius 2 is 1.91 bits per heavy atom. The Hall–Kier alpha value is -2.53. The van der Waals surface area contributed by atoms with Gasteiger partial charge in [0.1, 0.15) is 0 Å². The molecule has 2 aromatic carbocycles. The van der Waals surface area contributed by atoms with E-state index in [1.165, 1.54) is 0 Å². The number of anilines is 2. The molecular formula is C17H17ClN2O3. The summed E-state index contributed by atoms with van der Waals surface area (Å²) in [5.74, 6) is -0.670. The normalized spacial score (nSPS) is 10.0. The second-order valence-corrected chi connectivity index (χ2v) is 5.11. The lowest BCUT2D eigenvalue weighted by Crippen LogP contribution is -2.22. The van der Waals surface area contributed by atoms with Crippen molar-refractivity contribution in [1.82, 2.24) is 0 Å². The van der Waals surface area contributed by atoms with Crippen LogP contribution in [0.3, 0.4) is 0 Å². The molecule has 6 heteroatoms. The van der Waals surface area contributed by atoms with E-state index in [-0.39, 0.29) is 12.5 Å². The van der Waals surface area contributed by atoms with Gasteiger partial charge in [0.05, 0.1) is 18.7 Å². The highest BCUT2D eigenvalue weighted by molar-refractivity contribution is 6.30. The van der Waals surface area contributed by atoms with E-state index in [4.69, 9.17) is 16.3 Å². The molecule has 1 amide bonds. The van der Waals surface area contributed by atoms with Crippen molar-refractivity contribution in [2.45, 2.75) is 6.92 Å². The van der Waals surface area contributed by atoms with Gasteiger partial charge in [-0.15, -0.1) is 0 Å². The zero-order valence-corrected chi connectivity index (χ0v) is 13.4. The molecule has 0 saturated heterocycles. The SMILES string of the molecule is CCOC(=O)c1ccccc1NCC(=O)Nc1cccc(Cl)c1. The second kappa shape index (κ2) is 8.19. The van der Waals surface area contributed by atoms with E-state index in [1.807, 2.05) is 0 Å². The first-order valence-electron chi connectivity index (χ1n) is 7.15. The van der Waals surface area contributed by atoms with Crippen molar-refractivity contribution in [3.05, 3.63) is 59.1 Å². The van der Waals surface area contributed by atoms with Gasteiger partial charge in [-0.25, -0.2) is 4.79 Å². The standard InChI is InChI=1S/C17H17ClN2O3/c1-2-23-17(22)14-8-3-4-9-15(14)19-11-16(21)20-13-7-5-6-12(18)10-13/h3-10,19H,2,11H2,1H3,(H,20,21). The highest BCUT2D eigenvalue weighted by atomic mass is 35.5. The first-order chi connectivity index (χ1) is 11.1. The smallest absolute Gasteiger partial charge is 0.340 e. The molecule has 0 spiro atoms. The molecule has 2 rings (SSSR count). The maximum atomic E-state index is 12.0. The molecule has 0 aliphatic rings. The lowest BCUT2D eigenvalue weighted by atomic mass is 10.2. The fraction of sp³-hybridized carbons (Fsp3) is 0.176. The lowest BCUT2D eigenvalue weighted by molar-refractivity contribution is -0.114. The number of hydrogen-bond donors (Lipinski definition) is 2. The zero-order chi connectivity index (χ0) is 16.7. The third-order valence-electron chi connectivity index (χ3n) is 2.97. The summed E-state index contributed by atoms with van der Waals surface area (Å²) in [7, 11) is 0.